The zero-order chi connectivity index (χ0) is 18.4. The average Bonchev–Trinajstić information content (AvgIpc) is 3.19. The van der Waals surface area contributed by atoms with Crippen LogP contribution in [0.2, 0.25) is 0 Å². The highest BCUT2D eigenvalue weighted by atomic mass is 16.5. The average molecular weight is 356 g/mol. The van der Waals surface area contributed by atoms with Gasteiger partial charge in [-0.3, -0.25) is 4.79 Å². The van der Waals surface area contributed by atoms with E-state index in [1.165, 1.54) is 37.4 Å². The van der Waals surface area contributed by atoms with Crippen LogP contribution in [0.4, 0.5) is 0 Å². The van der Waals surface area contributed by atoms with Gasteiger partial charge in [0.25, 0.3) is 5.91 Å². The molecule has 1 atom stereocenters. The van der Waals surface area contributed by atoms with Crippen molar-refractivity contribution >= 4 is 5.91 Å². The van der Waals surface area contributed by atoms with Gasteiger partial charge >= 0.3 is 0 Å². The molecule has 1 amide bonds. The maximum absolute atomic E-state index is 11.8. The first-order valence-corrected chi connectivity index (χ1v) is 9.42. The molecule has 0 radical (unpaired) electrons. The summed E-state index contributed by atoms with van der Waals surface area (Å²) in [5.41, 5.74) is 1.41. The Morgan fingerprint density at radius 3 is 2.58 bits per heavy atom. The van der Waals surface area contributed by atoms with Gasteiger partial charge < -0.3 is 14.7 Å². The summed E-state index contributed by atoms with van der Waals surface area (Å²) in [6, 6.07) is 11.3. The van der Waals surface area contributed by atoms with Gasteiger partial charge in [-0.1, -0.05) is 43.2 Å². The second kappa shape index (κ2) is 8.94. The van der Waals surface area contributed by atoms with Crippen LogP contribution < -0.4 is 5.32 Å². The first-order chi connectivity index (χ1) is 12.6. The van der Waals surface area contributed by atoms with Gasteiger partial charge in [0.05, 0.1) is 0 Å². The van der Waals surface area contributed by atoms with Gasteiger partial charge in [-0.15, -0.1) is 5.10 Å². The molecule has 1 saturated carbocycles. The Kier molecular flexibility index (Phi) is 6.39. The van der Waals surface area contributed by atoms with E-state index in [-0.39, 0.29) is 11.7 Å². The molecule has 1 fully saturated rings. The van der Waals surface area contributed by atoms with E-state index in [4.69, 9.17) is 4.52 Å². The molecular formula is C20H28N4O2. The van der Waals surface area contributed by atoms with Crippen LogP contribution in [0.3, 0.4) is 0 Å². The molecule has 1 aromatic heterocycles. The lowest BCUT2D eigenvalue weighted by atomic mass is 9.75. The normalized spacial score (nSPS) is 21.5. The topological polar surface area (TPSA) is 71.3 Å². The van der Waals surface area contributed by atoms with Crippen molar-refractivity contribution in [1.82, 2.24) is 20.6 Å². The molecule has 1 aromatic carbocycles. The fourth-order valence-corrected chi connectivity index (χ4v) is 4.18. The minimum absolute atomic E-state index is 0.172. The predicted octanol–water partition coefficient (Wildman–Crippen LogP) is 3.30. The molecular weight excluding hydrogens is 328 g/mol. The van der Waals surface area contributed by atoms with E-state index in [1.807, 2.05) is 0 Å². The third-order valence-corrected chi connectivity index (χ3v) is 5.46. The largest absolute Gasteiger partial charge is 0.349 e. The first kappa shape index (κ1) is 18.6. The van der Waals surface area contributed by atoms with Crippen molar-refractivity contribution in [2.45, 2.75) is 38.1 Å². The van der Waals surface area contributed by atoms with Crippen molar-refractivity contribution in [3.05, 3.63) is 47.9 Å². The van der Waals surface area contributed by atoms with Crippen molar-refractivity contribution < 1.29 is 9.32 Å². The molecule has 26 heavy (non-hydrogen) atoms. The molecule has 0 aliphatic heterocycles. The fraction of sp³-hybridized carbons (Fsp3) is 0.550. The first-order valence-electron chi connectivity index (χ1n) is 9.42. The molecule has 1 aliphatic rings. The minimum atomic E-state index is -0.236. The van der Waals surface area contributed by atoms with Crippen LogP contribution in [0.15, 0.2) is 41.1 Å². The molecule has 0 bridgehead atoms. The number of nitrogens with zero attached hydrogens (tertiary/aromatic N) is 3. The summed E-state index contributed by atoms with van der Waals surface area (Å²) in [7, 11) is 4.36. The molecule has 0 saturated heterocycles. The Labute approximate surface area is 154 Å². The Morgan fingerprint density at radius 2 is 1.96 bits per heavy atom. The van der Waals surface area contributed by atoms with Crippen LogP contribution in [0.5, 0.6) is 0 Å². The van der Waals surface area contributed by atoms with E-state index >= 15 is 0 Å². The molecule has 1 heterocycles. The molecule has 1 unspecified atom stereocenters. The number of rotatable bonds is 7. The van der Waals surface area contributed by atoms with Gasteiger partial charge in [0.2, 0.25) is 5.76 Å². The van der Waals surface area contributed by atoms with Gasteiger partial charge in [-0.05, 0) is 50.8 Å². The van der Waals surface area contributed by atoms with Crippen LogP contribution >= 0.6 is 0 Å². The fourth-order valence-electron chi connectivity index (χ4n) is 4.18. The number of hydrogen-bond donors (Lipinski definition) is 1. The summed E-state index contributed by atoms with van der Waals surface area (Å²) in [6.07, 6.45) is 7.28. The van der Waals surface area contributed by atoms with Crippen LogP contribution in [0.25, 0.3) is 0 Å². The molecule has 6 heteroatoms. The van der Waals surface area contributed by atoms with Crippen molar-refractivity contribution in [2.75, 3.05) is 20.6 Å². The van der Waals surface area contributed by atoms with E-state index in [0.29, 0.717) is 24.4 Å². The Morgan fingerprint density at radius 1 is 1.23 bits per heavy atom. The standard InChI is InChI=1S/C20H28N4O2/c1-24(2)19(16-6-4-3-5-7-16)17-10-8-15(9-11-17)12-13-21-20(25)18-14-22-23-26-18/h3-7,14-15,17,19H,8-13H2,1-2H3,(H,21,25). The summed E-state index contributed by atoms with van der Waals surface area (Å²) in [5, 5.41) is 9.73. The maximum Gasteiger partial charge on any atom is 0.291 e. The van der Waals surface area contributed by atoms with Crippen molar-refractivity contribution in [2.24, 2.45) is 11.8 Å². The third kappa shape index (κ3) is 4.69. The number of hydrogen-bond acceptors (Lipinski definition) is 5. The van der Waals surface area contributed by atoms with Gasteiger partial charge in [-0.25, -0.2) is 0 Å². The quantitative estimate of drug-likeness (QED) is 0.824. The van der Waals surface area contributed by atoms with Crippen LogP contribution in [0, 0.1) is 11.8 Å². The predicted molar refractivity (Wildman–Crippen MR) is 99.6 cm³/mol. The number of amides is 1. The Balaban J connectivity index is 1.45. The number of carbonyl (C=O) groups is 1. The number of carbonyl (C=O) groups excluding carboxylic acids is 1. The molecule has 2 aromatic rings. The molecule has 1 N–H and O–H groups in total. The minimum Gasteiger partial charge on any atom is -0.349 e. The SMILES string of the molecule is CN(C)C(c1ccccc1)C1CCC(CCNC(=O)c2cnno2)CC1. The highest BCUT2D eigenvalue weighted by Gasteiger charge is 2.29. The zero-order valence-electron chi connectivity index (χ0n) is 15.6. The van der Waals surface area contributed by atoms with Crippen LogP contribution in [-0.4, -0.2) is 41.8 Å². The monoisotopic (exact) mass is 356 g/mol. The third-order valence-electron chi connectivity index (χ3n) is 5.46. The molecule has 3 rings (SSSR count). The smallest absolute Gasteiger partial charge is 0.291 e. The summed E-state index contributed by atoms with van der Waals surface area (Å²) in [5.74, 6) is 1.31. The molecule has 6 nitrogen and oxygen atoms in total. The lowest BCUT2D eigenvalue weighted by Gasteiger charge is -2.37. The summed E-state index contributed by atoms with van der Waals surface area (Å²) < 4.78 is 4.76. The van der Waals surface area contributed by atoms with Crippen molar-refractivity contribution in [3.63, 3.8) is 0 Å². The Bertz CT molecular complexity index is 664. The van der Waals surface area contributed by atoms with Gasteiger partial charge in [0.1, 0.15) is 6.20 Å². The highest BCUT2D eigenvalue weighted by molar-refractivity contribution is 5.90. The molecule has 0 spiro atoms. The lowest BCUT2D eigenvalue weighted by Crippen LogP contribution is -2.31. The maximum atomic E-state index is 11.8. The Hall–Kier alpha value is -2.21. The second-order valence-corrected chi connectivity index (χ2v) is 7.43. The van der Waals surface area contributed by atoms with E-state index < -0.39 is 0 Å². The van der Waals surface area contributed by atoms with Gasteiger partial charge in [0, 0.05) is 17.9 Å². The highest BCUT2D eigenvalue weighted by Crippen LogP contribution is 2.39. The summed E-state index contributed by atoms with van der Waals surface area (Å²) >= 11 is 0. The number of aromatic nitrogens is 2. The van der Waals surface area contributed by atoms with Crippen LogP contribution in [0.1, 0.15) is 54.3 Å². The second-order valence-electron chi connectivity index (χ2n) is 7.43. The summed E-state index contributed by atoms with van der Waals surface area (Å²) in [6.45, 7) is 0.671. The number of nitrogens with one attached hydrogen (secondary N) is 1. The zero-order valence-corrected chi connectivity index (χ0v) is 15.6. The van der Waals surface area contributed by atoms with E-state index in [0.717, 1.165) is 6.42 Å². The summed E-state index contributed by atoms with van der Waals surface area (Å²) in [4.78, 5) is 14.2. The van der Waals surface area contributed by atoms with Crippen molar-refractivity contribution in [3.8, 4) is 0 Å². The molecule has 1 aliphatic carbocycles. The van der Waals surface area contributed by atoms with E-state index in [9.17, 15) is 4.79 Å². The van der Waals surface area contributed by atoms with E-state index in [1.54, 1.807) is 0 Å². The lowest BCUT2D eigenvalue weighted by molar-refractivity contribution is 0.0910. The van der Waals surface area contributed by atoms with E-state index in [2.05, 4.69) is 65.0 Å². The molecule has 140 valence electrons. The van der Waals surface area contributed by atoms with Gasteiger partial charge in [-0.2, -0.15) is 0 Å². The van der Waals surface area contributed by atoms with Gasteiger partial charge in [0.15, 0.2) is 0 Å². The van der Waals surface area contributed by atoms with Crippen molar-refractivity contribution in [1.29, 1.82) is 0 Å². The van der Waals surface area contributed by atoms with Crippen LogP contribution in [-0.2, 0) is 0 Å². The number of benzene rings is 1.